The topological polar surface area (TPSA) is 68.5 Å². The first-order valence-electron chi connectivity index (χ1n) is 10.1. The molecule has 4 aromatic rings. The number of rotatable bonds is 7. The van der Waals surface area contributed by atoms with Gasteiger partial charge in [-0.15, -0.1) is 10.2 Å². The Morgan fingerprint density at radius 2 is 1.48 bits per heavy atom. The number of ether oxygens (including phenoxy) is 1. The molecule has 0 unspecified atom stereocenters. The van der Waals surface area contributed by atoms with E-state index >= 15 is 0 Å². The molecule has 0 saturated carbocycles. The number of hydrogen-bond acceptors (Lipinski definition) is 5. The van der Waals surface area contributed by atoms with Crippen molar-refractivity contribution in [3.63, 3.8) is 0 Å². The Morgan fingerprint density at radius 1 is 0.871 bits per heavy atom. The summed E-state index contributed by atoms with van der Waals surface area (Å²) in [6.07, 6.45) is 0. The zero-order valence-corrected chi connectivity index (χ0v) is 17.5. The number of carbonyl (C=O) groups is 1. The monoisotopic (exact) mass is 413 g/mol. The van der Waals surface area contributed by atoms with Crippen LogP contribution in [-0.2, 0) is 6.54 Å². The highest BCUT2D eigenvalue weighted by Crippen LogP contribution is 2.24. The van der Waals surface area contributed by atoms with E-state index in [0.717, 1.165) is 22.4 Å². The van der Waals surface area contributed by atoms with Gasteiger partial charge in [-0.1, -0.05) is 30.3 Å². The van der Waals surface area contributed by atoms with Crippen LogP contribution in [0.5, 0.6) is 5.75 Å². The highest BCUT2D eigenvalue weighted by Gasteiger charge is 2.14. The van der Waals surface area contributed by atoms with Crippen LogP contribution in [0.3, 0.4) is 0 Å². The largest absolute Gasteiger partial charge is 0.494 e. The number of carbonyl (C=O) groups excluding carboxylic acids is 1. The van der Waals surface area contributed by atoms with E-state index in [-0.39, 0.29) is 5.91 Å². The summed E-state index contributed by atoms with van der Waals surface area (Å²) < 4.78 is 11.2. The molecule has 156 valence electrons. The van der Waals surface area contributed by atoms with Crippen LogP contribution in [0.2, 0.25) is 0 Å². The number of nitrogens with zero attached hydrogens (tertiary/aromatic N) is 3. The normalized spacial score (nSPS) is 10.6. The molecule has 0 atom stereocenters. The second-order valence-electron chi connectivity index (χ2n) is 7.09. The van der Waals surface area contributed by atoms with Crippen LogP contribution in [0.1, 0.15) is 22.8 Å². The molecule has 0 fully saturated rings. The van der Waals surface area contributed by atoms with Gasteiger partial charge in [-0.2, -0.15) is 0 Å². The summed E-state index contributed by atoms with van der Waals surface area (Å²) in [6, 6.07) is 24.6. The van der Waals surface area contributed by atoms with Crippen LogP contribution < -0.4 is 4.74 Å². The fraction of sp³-hybridized carbons (Fsp3) is 0.160. The summed E-state index contributed by atoms with van der Waals surface area (Å²) in [5.74, 6) is 1.65. The van der Waals surface area contributed by atoms with E-state index in [1.807, 2.05) is 73.7 Å². The molecule has 6 heteroatoms. The summed E-state index contributed by atoms with van der Waals surface area (Å²) in [7, 11) is 1.79. The summed E-state index contributed by atoms with van der Waals surface area (Å²) in [5, 5.41) is 8.24. The smallest absolute Gasteiger partial charge is 0.253 e. The van der Waals surface area contributed by atoms with Gasteiger partial charge in [-0.25, -0.2) is 0 Å². The van der Waals surface area contributed by atoms with Crippen molar-refractivity contribution in [1.29, 1.82) is 0 Å². The van der Waals surface area contributed by atoms with Crippen molar-refractivity contribution in [2.45, 2.75) is 13.5 Å². The molecular weight excluding hydrogens is 390 g/mol. The Balaban J connectivity index is 1.42. The summed E-state index contributed by atoms with van der Waals surface area (Å²) in [5.41, 5.74) is 3.26. The van der Waals surface area contributed by atoms with Crippen molar-refractivity contribution < 1.29 is 13.9 Å². The molecule has 0 aliphatic rings. The van der Waals surface area contributed by atoms with Crippen LogP contribution in [0.15, 0.2) is 83.3 Å². The van der Waals surface area contributed by atoms with Crippen LogP contribution in [-0.4, -0.2) is 34.7 Å². The molecule has 1 amide bonds. The highest BCUT2D eigenvalue weighted by molar-refractivity contribution is 5.94. The highest BCUT2D eigenvalue weighted by atomic mass is 16.5. The van der Waals surface area contributed by atoms with Crippen molar-refractivity contribution in [3.05, 3.63) is 90.0 Å². The number of hydrogen-bond donors (Lipinski definition) is 0. The third kappa shape index (κ3) is 4.80. The Bertz CT molecular complexity index is 1140. The van der Waals surface area contributed by atoms with Crippen LogP contribution in [0.25, 0.3) is 22.9 Å². The maximum atomic E-state index is 12.8. The van der Waals surface area contributed by atoms with Crippen molar-refractivity contribution in [2.75, 3.05) is 13.7 Å². The van der Waals surface area contributed by atoms with Gasteiger partial charge in [0.15, 0.2) is 0 Å². The van der Waals surface area contributed by atoms with E-state index in [2.05, 4.69) is 10.2 Å². The maximum Gasteiger partial charge on any atom is 0.253 e. The van der Waals surface area contributed by atoms with Gasteiger partial charge < -0.3 is 14.1 Å². The Morgan fingerprint density at radius 3 is 2.10 bits per heavy atom. The molecule has 0 saturated heterocycles. The quantitative estimate of drug-likeness (QED) is 0.423. The van der Waals surface area contributed by atoms with E-state index < -0.39 is 0 Å². The van der Waals surface area contributed by atoms with Gasteiger partial charge in [0, 0.05) is 30.3 Å². The lowest BCUT2D eigenvalue weighted by molar-refractivity contribution is 0.0785. The number of amides is 1. The molecule has 3 aromatic carbocycles. The Labute approximate surface area is 181 Å². The molecule has 1 heterocycles. The van der Waals surface area contributed by atoms with Crippen molar-refractivity contribution in [2.24, 2.45) is 0 Å². The summed E-state index contributed by atoms with van der Waals surface area (Å²) in [6.45, 7) is 3.09. The minimum Gasteiger partial charge on any atom is -0.494 e. The minimum atomic E-state index is -0.0593. The lowest BCUT2D eigenvalue weighted by Gasteiger charge is -2.17. The summed E-state index contributed by atoms with van der Waals surface area (Å²) in [4.78, 5) is 14.5. The van der Waals surface area contributed by atoms with E-state index in [4.69, 9.17) is 9.15 Å². The van der Waals surface area contributed by atoms with Gasteiger partial charge >= 0.3 is 0 Å². The van der Waals surface area contributed by atoms with E-state index in [1.54, 1.807) is 24.1 Å². The zero-order valence-electron chi connectivity index (χ0n) is 17.5. The van der Waals surface area contributed by atoms with Crippen LogP contribution in [0.4, 0.5) is 0 Å². The van der Waals surface area contributed by atoms with Crippen LogP contribution >= 0.6 is 0 Å². The lowest BCUT2D eigenvalue weighted by Crippen LogP contribution is -2.26. The van der Waals surface area contributed by atoms with Gasteiger partial charge in [0.05, 0.1) is 6.61 Å². The molecule has 4 rings (SSSR count). The van der Waals surface area contributed by atoms with Gasteiger partial charge in [-0.05, 0) is 61.0 Å². The average Bonchev–Trinajstić information content (AvgIpc) is 3.31. The first-order chi connectivity index (χ1) is 15.1. The molecular formula is C25H23N3O3. The predicted molar refractivity (Wildman–Crippen MR) is 119 cm³/mol. The zero-order chi connectivity index (χ0) is 21.6. The SMILES string of the molecule is CCOc1ccc(CN(C)C(=O)c2ccc(-c3nnc(-c4ccccc4)o3)cc2)cc1. The maximum absolute atomic E-state index is 12.8. The van der Waals surface area contributed by atoms with Crippen molar-refractivity contribution in [1.82, 2.24) is 15.1 Å². The van der Waals surface area contributed by atoms with E-state index in [1.165, 1.54) is 0 Å². The predicted octanol–water partition coefficient (Wildman–Crippen LogP) is 5.07. The third-order valence-electron chi connectivity index (χ3n) is 4.83. The first kappa shape index (κ1) is 20.3. The number of aromatic nitrogens is 2. The second kappa shape index (κ2) is 9.26. The molecule has 0 radical (unpaired) electrons. The second-order valence-corrected chi connectivity index (χ2v) is 7.09. The number of benzene rings is 3. The van der Waals surface area contributed by atoms with Crippen molar-refractivity contribution in [3.8, 4) is 28.7 Å². The Kier molecular flexibility index (Phi) is 6.08. The molecule has 0 spiro atoms. The lowest BCUT2D eigenvalue weighted by atomic mass is 10.1. The molecule has 1 aromatic heterocycles. The fourth-order valence-corrected chi connectivity index (χ4v) is 3.22. The molecule has 0 aliphatic carbocycles. The Hall–Kier alpha value is -3.93. The fourth-order valence-electron chi connectivity index (χ4n) is 3.22. The average molecular weight is 413 g/mol. The van der Waals surface area contributed by atoms with Gasteiger partial charge in [-0.3, -0.25) is 4.79 Å². The molecule has 0 aliphatic heterocycles. The van der Waals surface area contributed by atoms with Gasteiger partial charge in [0.1, 0.15) is 5.75 Å². The molecule has 0 bridgehead atoms. The van der Waals surface area contributed by atoms with Crippen LogP contribution in [0, 0.1) is 0 Å². The third-order valence-corrected chi connectivity index (χ3v) is 4.83. The van der Waals surface area contributed by atoms with Gasteiger partial charge in [0.25, 0.3) is 5.91 Å². The summed E-state index contributed by atoms with van der Waals surface area (Å²) >= 11 is 0. The van der Waals surface area contributed by atoms with E-state index in [0.29, 0.717) is 30.5 Å². The van der Waals surface area contributed by atoms with Gasteiger partial charge in [0.2, 0.25) is 11.8 Å². The van der Waals surface area contributed by atoms with E-state index in [9.17, 15) is 4.79 Å². The standard InChI is InChI=1S/C25H23N3O3/c1-3-30-22-15-9-18(10-16-22)17-28(2)25(29)21-13-11-20(12-14-21)24-27-26-23(31-24)19-7-5-4-6-8-19/h4-16H,3,17H2,1-2H3. The molecule has 6 nitrogen and oxygen atoms in total. The molecule has 0 N–H and O–H groups in total. The first-order valence-corrected chi connectivity index (χ1v) is 10.1. The molecule has 31 heavy (non-hydrogen) atoms. The van der Waals surface area contributed by atoms with Crippen molar-refractivity contribution >= 4 is 5.91 Å². The minimum absolute atomic E-state index is 0.0593.